The van der Waals surface area contributed by atoms with Gasteiger partial charge in [-0.25, -0.2) is 4.39 Å². The van der Waals surface area contributed by atoms with E-state index in [0.717, 1.165) is 18.5 Å². The molecule has 2 N–H and O–H groups in total. The Morgan fingerprint density at radius 1 is 1.29 bits per heavy atom. The number of rotatable bonds is 0. The molecule has 0 aromatic heterocycles. The van der Waals surface area contributed by atoms with Gasteiger partial charge in [-0.15, -0.1) is 0 Å². The maximum absolute atomic E-state index is 12.9. The van der Waals surface area contributed by atoms with Crippen LogP contribution in [0.1, 0.15) is 12.8 Å². The van der Waals surface area contributed by atoms with E-state index in [0.29, 0.717) is 5.69 Å². The van der Waals surface area contributed by atoms with E-state index >= 15 is 0 Å². The first-order valence-corrected chi connectivity index (χ1v) is 4.59. The molecule has 1 aromatic rings. The SMILES string of the molecule is O=C1Nc2cc(F)ccc2NC12CC2. The highest BCUT2D eigenvalue weighted by molar-refractivity contribution is 6.07. The zero-order valence-corrected chi connectivity index (χ0v) is 7.43. The molecule has 1 saturated carbocycles. The minimum Gasteiger partial charge on any atom is -0.370 e. The maximum Gasteiger partial charge on any atom is 0.250 e. The molecule has 1 amide bonds. The lowest BCUT2D eigenvalue weighted by molar-refractivity contribution is -0.117. The van der Waals surface area contributed by atoms with E-state index in [-0.39, 0.29) is 11.7 Å². The molecular weight excluding hydrogens is 183 g/mol. The molecule has 0 saturated heterocycles. The maximum atomic E-state index is 12.9. The van der Waals surface area contributed by atoms with Crippen molar-refractivity contribution in [1.82, 2.24) is 0 Å². The molecule has 3 nitrogen and oxygen atoms in total. The molecular formula is C10H9FN2O. The van der Waals surface area contributed by atoms with E-state index in [4.69, 9.17) is 0 Å². The summed E-state index contributed by atoms with van der Waals surface area (Å²) in [4.78, 5) is 11.6. The third kappa shape index (κ3) is 0.937. The van der Waals surface area contributed by atoms with Crippen LogP contribution < -0.4 is 10.6 Å². The number of benzene rings is 1. The zero-order chi connectivity index (χ0) is 9.76. The van der Waals surface area contributed by atoms with Gasteiger partial charge in [0.25, 0.3) is 0 Å². The Bertz CT molecular complexity index is 426. The molecule has 1 heterocycles. The topological polar surface area (TPSA) is 41.1 Å². The molecule has 2 aliphatic rings. The number of halogens is 1. The summed E-state index contributed by atoms with van der Waals surface area (Å²) in [7, 11) is 0. The van der Waals surface area contributed by atoms with Gasteiger partial charge in [0, 0.05) is 0 Å². The van der Waals surface area contributed by atoms with Crippen LogP contribution >= 0.6 is 0 Å². The minimum atomic E-state index is -0.398. The molecule has 0 unspecified atom stereocenters. The van der Waals surface area contributed by atoms with Crippen LogP contribution in [0.15, 0.2) is 18.2 Å². The van der Waals surface area contributed by atoms with Gasteiger partial charge in [0.15, 0.2) is 0 Å². The molecule has 1 spiro atoms. The monoisotopic (exact) mass is 192 g/mol. The van der Waals surface area contributed by atoms with Gasteiger partial charge < -0.3 is 10.6 Å². The zero-order valence-electron chi connectivity index (χ0n) is 7.43. The number of nitrogens with one attached hydrogen (secondary N) is 2. The van der Waals surface area contributed by atoms with Gasteiger partial charge in [0.1, 0.15) is 11.4 Å². The van der Waals surface area contributed by atoms with Gasteiger partial charge in [-0.2, -0.15) is 0 Å². The average molecular weight is 192 g/mol. The number of carbonyl (C=O) groups is 1. The number of carbonyl (C=O) groups excluding carboxylic acids is 1. The Balaban J connectivity index is 2.06. The number of anilines is 2. The number of hydrogen-bond acceptors (Lipinski definition) is 2. The van der Waals surface area contributed by atoms with Gasteiger partial charge in [-0.3, -0.25) is 4.79 Å². The fourth-order valence-electron chi connectivity index (χ4n) is 1.76. The molecule has 3 rings (SSSR count). The Kier molecular flexibility index (Phi) is 1.26. The van der Waals surface area contributed by atoms with Crippen molar-refractivity contribution in [1.29, 1.82) is 0 Å². The van der Waals surface area contributed by atoms with Crippen molar-refractivity contribution in [2.24, 2.45) is 0 Å². The van der Waals surface area contributed by atoms with Crippen molar-refractivity contribution in [2.45, 2.75) is 18.4 Å². The normalized spacial score (nSPS) is 21.1. The molecule has 1 aliphatic heterocycles. The van der Waals surface area contributed by atoms with Crippen LogP contribution in [0.5, 0.6) is 0 Å². The Hall–Kier alpha value is -1.58. The second-order valence-electron chi connectivity index (χ2n) is 3.85. The van der Waals surface area contributed by atoms with Crippen molar-refractivity contribution in [3.8, 4) is 0 Å². The van der Waals surface area contributed by atoms with Gasteiger partial charge >= 0.3 is 0 Å². The van der Waals surface area contributed by atoms with Crippen molar-refractivity contribution in [2.75, 3.05) is 10.6 Å². The molecule has 72 valence electrons. The molecule has 1 aliphatic carbocycles. The quantitative estimate of drug-likeness (QED) is 0.657. The summed E-state index contributed by atoms with van der Waals surface area (Å²) in [5.41, 5.74) is 0.946. The molecule has 0 bridgehead atoms. The second kappa shape index (κ2) is 2.26. The first kappa shape index (κ1) is 7.79. The number of hydrogen-bond donors (Lipinski definition) is 2. The summed E-state index contributed by atoms with van der Waals surface area (Å²) in [6.45, 7) is 0. The van der Waals surface area contributed by atoms with Crippen molar-refractivity contribution >= 4 is 17.3 Å². The first-order chi connectivity index (χ1) is 6.70. The van der Waals surface area contributed by atoms with Crippen LogP contribution in [0.2, 0.25) is 0 Å². The average Bonchev–Trinajstić information content (AvgIpc) is 2.89. The fourth-order valence-corrected chi connectivity index (χ4v) is 1.76. The minimum absolute atomic E-state index is 0.0457. The molecule has 4 heteroatoms. The lowest BCUT2D eigenvalue weighted by Crippen LogP contribution is -2.40. The highest BCUT2D eigenvalue weighted by atomic mass is 19.1. The van der Waals surface area contributed by atoms with Gasteiger partial charge in [0.05, 0.1) is 11.4 Å². The van der Waals surface area contributed by atoms with Crippen LogP contribution in [-0.2, 0) is 4.79 Å². The van der Waals surface area contributed by atoms with Crippen molar-refractivity contribution in [3.63, 3.8) is 0 Å². The van der Waals surface area contributed by atoms with Gasteiger partial charge in [-0.05, 0) is 31.0 Å². The lowest BCUT2D eigenvalue weighted by Gasteiger charge is -2.26. The van der Waals surface area contributed by atoms with Crippen LogP contribution in [0, 0.1) is 5.82 Å². The van der Waals surface area contributed by atoms with E-state index in [9.17, 15) is 9.18 Å². The Labute approximate surface area is 80.3 Å². The molecule has 1 fully saturated rings. The summed E-state index contributed by atoms with van der Waals surface area (Å²) in [6, 6.07) is 4.37. The van der Waals surface area contributed by atoms with Gasteiger partial charge in [-0.1, -0.05) is 0 Å². The van der Waals surface area contributed by atoms with E-state index in [2.05, 4.69) is 10.6 Å². The summed E-state index contributed by atoms with van der Waals surface area (Å²) in [6.07, 6.45) is 1.71. The van der Waals surface area contributed by atoms with Crippen LogP contribution in [-0.4, -0.2) is 11.4 Å². The van der Waals surface area contributed by atoms with E-state index in [1.165, 1.54) is 12.1 Å². The van der Waals surface area contributed by atoms with Gasteiger partial charge in [0.2, 0.25) is 5.91 Å². The van der Waals surface area contributed by atoms with E-state index in [1.54, 1.807) is 6.07 Å². The fraction of sp³-hybridized carbons (Fsp3) is 0.300. The molecule has 0 radical (unpaired) electrons. The van der Waals surface area contributed by atoms with Crippen molar-refractivity contribution in [3.05, 3.63) is 24.0 Å². The van der Waals surface area contributed by atoms with Crippen molar-refractivity contribution < 1.29 is 9.18 Å². The second-order valence-corrected chi connectivity index (χ2v) is 3.85. The molecule has 14 heavy (non-hydrogen) atoms. The highest BCUT2D eigenvalue weighted by Crippen LogP contribution is 2.44. The van der Waals surface area contributed by atoms with Crippen LogP contribution in [0.4, 0.5) is 15.8 Å². The Morgan fingerprint density at radius 2 is 2.07 bits per heavy atom. The standard InChI is InChI=1S/C10H9FN2O/c11-6-1-2-7-8(5-6)12-9(14)10(13-7)3-4-10/h1-2,5,13H,3-4H2,(H,12,14). The number of amides is 1. The predicted octanol–water partition coefficient (Wildman–Crippen LogP) is 1.72. The Morgan fingerprint density at radius 3 is 2.79 bits per heavy atom. The third-order valence-corrected chi connectivity index (χ3v) is 2.79. The summed E-state index contributed by atoms with van der Waals surface area (Å²) < 4.78 is 12.9. The largest absolute Gasteiger partial charge is 0.370 e. The summed E-state index contributed by atoms with van der Waals surface area (Å²) >= 11 is 0. The lowest BCUT2D eigenvalue weighted by atomic mass is 10.1. The van der Waals surface area contributed by atoms with Crippen LogP contribution in [0.3, 0.4) is 0 Å². The first-order valence-electron chi connectivity index (χ1n) is 4.59. The predicted molar refractivity (Wildman–Crippen MR) is 50.6 cm³/mol. The van der Waals surface area contributed by atoms with E-state index in [1.807, 2.05) is 0 Å². The summed E-state index contributed by atoms with van der Waals surface area (Å²) in [5, 5.41) is 5.86. The number of fused-ring (bicyclic) bond motifs is 1. The third-order valence-electron chi connectivity index (χ3n) is 2.79. The van der Waals surface area contributed by atoms with Crippen LogP contribution in [0.25, 0.3) is 0 Å². The molecule has 1 aromatic carbocycles. The smallest absolute Gasteiger partial charge is 0.250 e. The summed E-state index contributed by atoms with van der Waals surface area (Å²) in [5.74, 6) is -0.381. The van der Waals surface area contributed by atoms with E-state index < -0.39 is 5.54 Å². The molecule has 0 atom stereocenters. The highest BCUT2D eigenvalue weighted by Gasteiger charge is 2.52.